The fourth-order valence-electron chi connectivity index (χ4n) is 2.37. The van der Waals surface area contributed by atoms with Crippen molar-refractivity contribution in [1.29, 1.82) is 0 Å². The summed E-state index contributed by atoms with van der Waals surface area (Å²) in [7, 11) is 0. The third-order valence-electron chi connectivity index (χ3n) is 3.29. The molecule has 1 atom stereocenters. The zero-order valence-electron chi connectivity index (χ0n) is 9.69. The lowest BCUT2D eigenvalue weighted by atomic mass is 9.75. The first kappa shape index (κ1) is 11.0. The number of hydrogen-bond donors (Lipinski definition) is 1. The quantitative estimate of drug-likeness (QED) is 0.659. The van der Waals surface area contributed by atoms with E-state index in [9.17, 15) is 0 Å². The largest absolute Gasteiger partial charge is 0.316 e. The predicted molar refractivity (Wildman–Crippen MR) is 58.8 cm³/mol. The van der Waals surface area contributed by atoms with Gasteiger partial charge in [-0.25, -0.2) is 0 Å². The van der Waals surface area contributed by atoms with Crippen LogP contribution in [0.1, 0.15) is 47.0 Å². The lowest BCUT2D eigenvalue weighted by Crippen LogP contribution is -2.35. The molecule has 1 N–H and O–H groups in total. The van der Waals surface area contributed by atoms with Gasteiger partial charge in [0.05, 0.1) is 0 Å². The van der Waals surface area contributed by atoms with E-state index in [2.05, 4.69) is 33.0 Å². The maximum Gasteiger partial charge on any atom is 0.000262 e. The van der Waals surface area contributed by atoms with Crippen molar-refractivity contribution >= 4 is 0 Å². The molecule has 0 saturated carbocycles. The van der Waals surface area contributed by atoms with Crippen LogP contribution in [-0.2, 0) is 0 Å². The van der Waals surface area contributed by atoms with E-state index in [4.69, 9.17) is 0 Å². The molecule has 0 amide bonds. The van der Waals surface area contributed by atoms with Crippen molar-refractivity contribution in [2.75, 3.05) is 13.1 Å². The second-order valence-electron chi connectivity index (χ2n) is 5.69. The maximum atomic E-state index is 3.54. The Kier molecular flexibility index (Phi) is 3.78. The average Bonchev–Trinajstić information content (AvgIpc) is 1.97. The van der Waals surface area contributed by atoms with Crippen molar-refractivity contribution in [3.05, 3.63) is 0 Å². The molecule has 0 spiro atoms. The Bertz CT molecular complexity index is 149. The Morgan fingerprint density at radius 2 is 2.00 bits per heavy atom. The van der Waals surface area contributed by atoms with Crippen molar-refractivity contribution in [2.45, 2.75) is 47.0 Å². The van der Waals surface area contributed by atoms with Gasteiger partial charge in [0.25, 0.3) is 0 Å². The third kappa shape index (κ3) is 3.68. The van der Waals surface area contributed by atoms with Crippen LogP contribution in [0.25, 0.3) is 0 Å². The van der Waals surface area contributed by atoms with Gasteiger partial charge in [0.2, 0.25) is 0 Å². The van der Waals surface area contributed by atoms with Crippen LogP contribution in [0.15, 0.2) is 0 Å². The Morgan fingerprint density at radius 3 is 2.62 bits per heavy atom. The monoisotopic (exact) mass is 183 g/mol. The van der Waals surface area contributed by atoms with E-state index in [1.165, 1.54) is 32.4 Å². The molecule has 0 aromatic rings. The van der Waals surface area contributed by atoms with Crippen molar-refractivity contribution < 1.29 is 0 Å². The molecule has 0 aromatic heterocycles. The van der Waals surface area contributed by atoms with E-state index in [0.29, 0.717) is 5.41 Å². The zero-order valence-corrected chi connectivity index (χ0v) is 9.69. The average molecular weight is 183 g/mol. The second kappa shape index (κ2) is 4.45. The Labute approximate surface area is 83.3 Å². The maximum absolute atomic E-state index is 3.54. The first-order chi connectivity index (χ1) is 6.01. The van der Waals surface area contributed by atoms with Crippen LogP contribution in [0, 0.1) is 17.3 Å². The fraction of sp³-hybridized carbons (Fsp3) is 1.00. The molecule has 1 heterocycles. The van der Waals surface area contributed by atoms with E-state index in [1.807, 2.05) is 0 Å². The molecule has 1 saturated heterocycles. The molecule has 0 aromatic carbocycles. The molecule has 1 aliphatic rings. The van der Waals surface area contributed by atoms with E-state index in [0.717, 1.165) is 11.8 Å². The van der Waals surface area contributed by atoms with Crippen LogP contribution in [0.3, 0.4) is 0 Å². The minimum absolute atomic E-state index is 0.495. The Hall–Kier alpha value is -0.0400. The zero-order chi connectivity index (χ0) is 9.90. The van der Waals surface area contributed by atoms with E-state index >= 15 is 0 Å². The lowest BCUT2D eigenvalue weighted by Gasteiger charge is -2.34. The smallest absolute Gasteiger partial charge is 0.000262 e. The lowest BCUT2D eigenvalue weighted by molar-refractivity contribution is 0.188. The highest BCUT2D eigenvalue weighted by Gasteiger charge is 2.26. The van der Waals surface area contributed by atoms with Gasteiger partial charge >= 0.3 is 0 Å². The topological polar surface area (TPSA) is 12.0 Å². The molecule has 13 heavy (non-hydrogen) atoms. The third-order valence-corrected chi connectivity index (χ3v) is 3.29. The van der Waals surface area contributed by atoms with Gasteiger partial charge in [-0.3, -0.25) is 0 Å². The highest BCUT2D eigenvalue weighted by molar-refractivity contribution is 4.79. The van der Waals surface area contributed by atoms with Crippen LogP contribution in [0.4, 0.5) is 0 Å². The van der Waals surface area contributed by atoms with Crippen molar-refractivity contribution in [2.24, 2.45) is 17.3 Å². The van der Waals surface area contributed by atoms with Crippen LogP contribution in [0.5, 0.6) is 0 Å². The van der Waals surface area contributed by atoms with Gasteiger partial charge in [-0.2, -0.15) is 0 Å². The first-order valence-corrected chi connectivity index (χ1v) is 5.72. The molecule has 0 radical (unpaired) electrons. The number of nitrogens with one attached hydrogen (secondary N) is 1. The number of hydrogen-bond acceptors (Lipinski definition) is 1. The normalized spacial score (nSPS) is 29.8. The highest BCUT2D eigenvalue weighted by atomic mass is 14.9. The van der Waals surface area contributed by atoms with Gasteiger partial charge in [-0.05, 0) is 43.1 Å². The molecule has 0 aliphatic carbocycles. The second-order valence-corrected chi connectivity index (χ2v) is 5.69. The molecule has 1 heteroatoms. The summed E-state index contributed by atoms with van der Waals surface area (Å²) < 4.78 is 0. The van der Waals surface area contributed by atoms with E-state index < -0.39 is 0 Å². The molecular weight excluding hydrogens is 158 g/mol. The summed E-state index contributed by atoms with van der Waals surface area (Å²) in [4.78, 5) is 0. The summed E-state index contributed by atoms with van der Waals surface area (Å²) >= 11 is 0. The van der Waals surface area contributed by atoms with Crippen LogP contribution < -0.4 is 5.32 Å². The van der Waals surface area contributed by atoms with E-state index in [1.54, 1.807) is 0 Å². The summed E-state index contributed by atoms with van der Waals surface area (Å²) in [6.07, 6.45) is 4.16. The summed E-state index contributed by atoms with van der Waals surface area (Å²) in [5, 5.41) is 3.54. The summed E-state index contributed by atoms with van der Waals surface area (Å²) in [6.45, 7) is 11.9. The summed E-state index contributed by atoms with van der Waals surface area (Å²) in [6, 6.07) is 0. The van der Waals surface area contributed by atoms with Crippen molar-refractivity contribution in [1.82, 2.24) is 5.32 Å². The fourth-order valence-corrected chi connectivity index (χ4v) is 2.37. The van der Waals surface area contributed by atoms with Gasteiger partial charge < -0.3 is 5.32 Å². The summed E-state index contributed by atoms with van der Waals surface area (Å²) in [5.41, 5.74) is 0.495. The van der Waals surface area contributed by atoms with Gasteiger partial charge in [-0.1, -0.05) is 27.7 Å². The van der Waals surface area contributed by atoms with E-state index in [-0.39, 0.29) is 0 Å². The molecular formula is C12H25N. The van der Waals surface area contributed by atoms with Gasteiger partial charge in [-0.15, -0.1) is 0 Å². The molecule has 78 valence electrons. The SMILES string of the molecule is CC(C)C1CCCNCC(C)(C)C1. The van der Waals surface area contributed by atoms with Crippen molar-refractivity contribution in [3.8, 4) is 0 Å². The van der Waals surface area contributed by atoms with Crippen molar-refractivity contribution in [3.63, 3.8) is 0 Å². The molecule has 0 bridgehead atoms. The molecule has 1 nitrogen and oxygen atoms in total. The van der Waals surface area contributed by atoms with Gasteiger partial charge in [0, 0.05) is 6.54 Å². The molecule has 1 rings (SSSR count). The molecule has 1 fully saturated rings. The van der Waals surface area contributed by atoms with Gasteiger partial charge in [0.1, 0.15) is 0 Å². The minimum Gasteiger partial charge on any atom is -0.316 e. The standard InChI is InChI=1S/C12H25N/c1-10(2)11-6-5-7-13-9-12(3,4)8-11/h10-11,13H,5-9H2,1-4H3. The highest BCUT2D eigenvalue weighted by Crippen LogP contribution is 2.32. The Morgan fingerprint density at radius 1 is 1.31 bits per heavy atom. The molecule has 1 unspecified atom stereocenters. The summed E-state index contributed by atoms with van der Waals surface area (Å²) in [5.74, 6) is 1.80. The minimum atomic E-state index is 0.495. The number of rotatable bonds is 1. The Balaban J connectivity index is 2.53. The van der Waals surface area contributed by atoms with Crippen LogP contribution in [0.2, 0.25) is 0 Å². The van der Waals surface area contributed by atoms with Crippen LogP contribution >= 0.6 is 0 Å². The van der Waals surface area contributed by atoms with Gasteiger partial charge in [0.15, 0.2) is 0 Å². The first-order valence-electron chi connectivity index (χ1n) is 5.72. The predicted octanol–water partition coefficient (Wildman–Crippen LogP) is 3.06. The van der Waals surface area contributed by atoms with Crippen LogP contribution in [-0.4, -0.2) is 13.1 Å². The molecule has 1 aliphatic heterocycles.